The van der Waals surface area contributed by atoms with Gasteiger partial charge in [0.25, 0.3) is 5.69 Å². The number of anilines is 1. The van der Waals surface area contributed by atoms with Crippen molar-refractivity contribution in [3.63, 3.8) is 0 Å². The van der Waals surface area contributed by atoms with Crippen molar-refractivity contribution in [2.24, 2.45) is 0 Å². The summed E-state index contributed by atoms with van der Waals surface area (Å²) in [5, 5.41) is 11.0. The molecule has 0 saturated carbocycles. The summed E-state index contributed by atoms with van der Waals surface area (Å²) in [5.41, 5.74) is 7.38. The van der Waals surface area contributed by atoms with E-state index in [-0.39, 0.29) is 17.2 Å². The van der Waals surface area contributed by atoms with Crippen LogP contribution in [0, 0.1) is 22.9 Å². The lowest BCUT2D eigenvalue weighted by atomic mass is 10.1. The number of hydrogen-bond acceptors (Lipinski definition) is 4. The van der Waals surface area contributed by atoms with E-state index in [1.165, 1.54) is 22.6 Å². The summed E-state index contributed by atoms with van der Waals surface area (Å²) < 4.78 is 15.1. The van der Waals surface area contributed by atoms with E-state index in [0.29, 0.717) is 16.8 Å². The van der Waals surface area contributed by atoms with Gasteiger partial charge < -0.3 is 5.73 Å². The van der Waals surface area contributed by atoms with Crippen molar-refractivity contribution in [2.75, 3.05) is 5.73 Å². The van der Waals surface area contributed by atoms with Gasteiger partial charge in [0.05, 0.1) is 4.92 Å². The maximum Gasteiger partial charge on any atom is 0.272 e. The SMILES string of the molecule is Cc1ccc(-c2nc3c(F)cccn3c2N)cc1[N+](=O)[O-]. The molecule has 0 amide bonds. The molecule has 0 spiro atoms. The number of hydrogen-bond donors (Lipinski definition) is 1. The largest absolute Gasteiger partial charge is 0.383 e. The summed E-state index contributed by atoms with van der Waals surface area (Å²) >= 11 is 0. The van der Waals surface area contributed by atoms with Crippen LogP contribution in [0.5, 0.6) is 0 Å². The average Bonchev–Trinajstić information content (AvgIpc) is 2.78. The van der Waals surface area contributed by atoms with E-state index in [9.17, 15) is 14.5 Å². The van der Waals surface area contributed by atoms with Gasteiger partial charge in [-0.25, -0.2) is 9.37 Å². The van der Waals surface area contributed by atoms with Crippen molar-refractivity contribution in [3.05, 3.63) is 58.0 Å². The molecule has 0 unspecified atom stereocenters. The summed E-state index contributed by atoms with van der Waals surface area (Å²) in [6.45, 7) is 1.65. The highest BCUT2D eigenvalue weighted by molar-refractivity contribution is 5.76. The van der Waals surface area contributed by atoms with Gasteiger partial charge in [0, 0.05) is 23.4 Å². The maximum atomic E-state index is 13.7. The fourth-order valence-electron chi connectivity index (χ4n) is 2.22. The van der Waals surface area contributed by atoms with Gasteiger partial charge in [-0.2, -0.15) is 0 Å². The highest BCUT2D eigenvalue weighted by atomic mass is 19.1. The number of rotatable bonds is 2. The first-order valence-corrected chi connectivity index (χ1v) is 6.16. The third-order valence-corrected chi connectivity index (χ3v) is 3.32. The summed E-state index contributed by atoms with van der Waals surface area (Å²) in [7, 11) is 0. The van der Waals surface area contributed by atoms with Crippen LogP contribution >= 0.6 is 0 Å². The summed E-state index contributed by atoms with van der Waals surface area (Å²) in [6, 6.07) is 7.49. The summed E-state index contributed by atoms with van der Waals surface area (Å²) in [6.07, 6.45) is 1.59. The number of nitro groups is 1. The Hall–Kier alpha value is -2.96. The van der Waals surface area contributed by atoms with Crippen molar-refractivity contribution in [1.82, 2.24) is 9.38 Å². The molecule has 0 aliphatic rings. The van der Waals surface area contributed by atoms with Crippen molar-refractivity contribution in [3.8, 4) is 11.3 Å². The quantitative estimate of drug-likeness (QED) is 0.579. The van der Waals surface area contributed by atoms with Crippen LogP contribution in [-0.2, 0) is 0 Å². The number of fused-ring (bicyclic) bond motifs is 1. The lowest BCUT2D eigenvalue weighted by Crippen LogP contribution is -1.96. The Kier molecular flexibility index (Phi) is 2.83. The van der Waals surface area contributed by atoms with Crippen LogP contribution in [0.3, 0.4) is 0 Å². The zero-order valence-corrected chi connectivity index (χ0v) is 11.1. The first-order chi connectivity index (χ1) is 9.99. The Morgan fingerprint density at radius 1 is 1.38 bits per heavy atom. The Balaban J connectivity index is 2.26. The van der Waals surface area contributed by atoms with E-state index < -0.39 is 10.7 Å². The maximum absolute atomic E-state index is 13.7. The Bertz CT molecular complexity index is 873. The van der Waals surface area contributed by atoms with Gasteiger partial charge in [-0.15, -0.1) is 0 Å². The third-order valence-electron chi connectivity index (χ3n) is 3.32. The van der Waals surface area contributed by atoms with Crippen LogP contribution in [-0.4, -0.2) is 14.3 Å². The van der Waals surface area contributed by atoms with Crippen LogP contribution < -0.4 is 5.73 Å². The van der Waals surface area contributed by atoms with Crippen LogP contribution in [0.1, 0.15) is 5.56 Å². The molecular weight excluding hydrogens is 275 g/mol. The van der Waals surface area contributed by atoms with Crippen LogP contribution in [0.25, 0.3) is 16.9 Å². The molecule has 7 heteroatoms. The minimum Gasteiger partial charge on any atom is -0.383 e. The number of nitrogens with two attached hydrogens (primary N) is 1. The zero-order chi connectivity index (χ0) is 15.1. The topological polar surface area (TPSA) is 86.5 Å². The molecule has 1 aromatic carbocycles. The van der Waals surface area contributed by atoms with E-state index in [4.69, 9.17) is 5.73 Å². The number of nitrogens with zero attached hydrogens (tertiary/aromatic N) is 3. The minimum absolute atomic E-state index is 0.0237. The van der Waals surface area contributed by atoms with E-state index >= 15 is 0 Å². The zero-order valence-electron chi connectivity index (χ0n) is 11.1. The number of nitrogen functional groups attached to an aromatic ring is 1. The average molecular weight is 286 g/mol. The monoisotopic (exact) mass is 286 g/mol. The predicted molar refractivity (Wildman–Crippen MR) is 76.4 cm³/mol. The van der Waals surface area contributed by atoms with E-state index in [1.54, 1.807) is 25.3 Å². The standard InChI is InChI=1S/C14H11FN4O2/c1-8-4-5-9(7-11(8)19(20)21)12-13(16)18-6-2-3-10(15)14(18)17-12/h2-7H,16H2,1H3. The van der Waals surface area contributed by atoms with Crippen molar-refractivity contribution < 1.29 is 9.31 Å². The van der Waals surface area contributed by atoms with Crippen molar-refractivity contribution >= 4 is 17.2 Å². The van der Waals surface area contributed by atoms with E-state index in [1.807, 2.05) is 0 Å². The van der Waals surface area contributed by atoms with Crippen LogP contribution in [0.4, 0.5) is 15.9 Å². The van der Waals surface area contributed by atoms with Crippen LogP contribution in [0.2, 0.25) is 0 Å². The first-order valence-electron chi connectivity index (χ1n) is 6.16. The molecule has 3 rings (SSSR count). The van der Waals surface area contributed by atoms with Gasteiger partial charge in [0.15, 0.2) is 11.5 Å². The third kappa shape index (κ3) is 1.99. The van der Waals surface area contributed by atoms with Crippen molar-refractivity contribution in [2.45, 2.75) is 6.92 Å². The van der Waals surface area contributed by atoms with Gasteiger partial charge in [0.2, 0.25) is 0 Å². The Morgan fingerprint density at radius 3 is 2.81 bits per heavy atom. The molecule has 6 nitrogen and oxygen atoms in total. The smallest absolute Gasteiger partial charge is 0.272 e. The molecule has 2 heterocycles. The summed E-state index contributed by atoms with van der Waals surface area (Å²) in [4.78, 5) is 14.7. The molecule has 21 heavy (non-hydrogen) atoms. The normalized spacial score (nSPS) is 11.0. The van der Waals surface area contributed by atoms with E-state index in [0.717, 1.165) is 0 Å². The Morgan fingerprint density at radius 2 is 2.14 bits per heavy atom. The second kappa shape index (κ2) is 4.55. The number of aryl methyl sites for hydroxylation is 1. The van der Waals surface area contributed by atoms with Gasteiger partial charge in [-0.1, -0.05) is 12.1 Å². The number of imidazole rings is 1. The van der Waals surface area contributed by atoms with Gasteiger partial charge in [-0.3, -0.25) is 14.5 Å². The lowest BCUT2D eigenvalue weighted by molar-refractivity contribution is -0.385. The molecule has 0 saturated heterocycles. The first kappa shape index (κ1) is 13.0. The predicted octanol–water partition coefficient (Wildman–Crippen LogP) is 2.94. The molecule has 2 aromatic heterocycles. The molecule has 0 aliphatic carbocycles. The highest BCUT2D eigenvalue weighted by Crippen LogP contribution is 2.31. The number of halogens is 1. The van der Waals surface area contributed by atoms with Gasteiger partial charge in [0.1, 0.15) is 11.5 Å². The van der Waals surface area contributed by atoms with Crippen molar-refractivity contribution in [1.29, 1.82) is 0 Å². The fraction of sp³-hybridized carbons (Fsp3) is 0.0714. The lowest BCUT2D eigenvalue weighted by Gasteiger charge is -2.02. The van der Waals surface area contributed by atoms with Gasteiger partial charge in [-0.05, 0) is 19.1 Å². The van der Waals surface area contributed by atoms with Gasteiger partial charge >= 0.3 is 0 Å². The molecule has 0 atom stereocenters. The molecular formula is C14H11FN4O2. The second-order valence-corrected chi connectivity index (χ2v) is 4.65. The molecule has 0 radical (unpaired) electrons. The van der Waals surface area contributed by atoms with Crippen LogP contribution in [0.15, 0.2) is 36.5 Å². The fourth-order valence-corrected chi connectivity index (χ4v) is 2.22. The minimum atomic E-state index is -0.503. The number of pyridine rings is 1. The molecule has 3 aromatic rings. The molecule has 0 bridgehead atoms. The van der Waals surface area contributed by atoms with E-state index in [2.05, 4.69) is 4.98 Å². The molecule has 0 aliphatic heterocycles. The molecule has 2 N–H and O–H groups in total. The summed E-state index contributed by atoms with van der Waals surface area (Å²) in [5.74, 6) is -0.264. The number of nitro benzene ring substituents is 1. The number of benzene rings is 1. The molecule has 0 fully saturated rings. The Labute approximate surface area is 118 Å². The number of aromatic nitrogens is 2. The highest BCUT2D eigenvalue weighted by Gasteiger charge is 2.17. The second-order valence-electron chi connectivity index (χ2n) is 4.65. The molecule has 106 valence electrons.